The summed E-state index contributed by atoms with van der Waals surface area (Å²) in [7, 11) is 1.77. The molecule has 0 spiro atoms. The summed E-state index contributed by atoms with van der Waals surface area (Å²) in [6, 6.07) is 11.3. The van der Waals surface area contributed by atoms with Gasteiger partial charge in [0.1, 0.15) is 0 Å². The van der Waals surface area contributed by atoms with Gasteiger partial charge < -0.3 is 10.5 Å². The molecule has 3 nitrogen and oxygen atoms in total. The molecule has 0 amide bonds. The maximum absolute atomic E-state index is 6.00. The Bertz CT molecular complexity index is 387. The summed E-state index contributed by atoms with van der Waals surface area (Å²) in [5.74, 6) is 1.32. The van der Waals surface area contributed by atoms with Gasteiger partial charge in [-0.25, -0.2) is 0 Å². The highest BCUT2D eigenvalue weighted by molar-refractivity contribution is 5.15. The zero-order valence-electron chi connectivity index (χ0n) is 13.5. The van der Waals surface area contributed by atoms with Crippen molar-refractivity contribution in [3.63, 3.8) is 0 Å². The molecule has 0 radical (unpaired) electrons. The average molecular weight is 290 g/mol. The molecule has 0 aromatic heterocycles. The summed E-state index contributed by atoms with van der Waals surface area (Å²) in [6.07, 6.45) is 3.78. The van der Waals surface area contributed by atoms with Gasteiger partial charge in [0.05, 0.1) is 6.61 Å². The van der Waals surface area contributed by atoms with Crippen LogP contribution in [-0.2, 0) is 11.2 Å². The summed E-state index contributed by atoms with van der Waals surface area (Å²) >= 11 is 0. The number of hydrogen-bond donors (Lipinski definition) is 1. The Morgan fingerprint density at radius 3 is 2.48 bits per heavy atom. The minimum Gasteiger partial charge on any atom is -0.384 e. The zero-order chi connectivity index (χ0) is 15.1. The molecule has 0 saturated carbocycles. The Hall–Kier alpha value is -0.900. The van der Waals surface area contributed by atoms with Crippen LogP contribution >= 0.6 is 0 Å². The third-order valence-corrected chi connectivity index (χ3v) is 4.81. The van der Waals surface area contributed by atoms with Gasteiger partial charge in [-0.3, -0.25) is 4.90 Å². The van der Waals surface area contributed by atoms with Crippen molar-refractivity contribution in [1.82, 2.24) is 4.90 Å². The number of nitrogens with zero attached hydrogens (tertiary/aromatic N) is 1. The molecule has 2 atom stereocenters. The van der Waals surface area contributed by atoms with E-state index in [1.165, 1.54) is 37.9 Å². The Morgan fingerprint density at radius 1 is 1.24 bits per heavy atom. The van der Waals surface area contributed by atoms with Crippen molar-refractivity contribution >= 4 is 0 Å². The first kappa shape index (κ1) is 16.5. The molecule has 21 heavy (non-hydrogen) atoms. The van der Waals surface area contributed by atoms with Crippen LogP contribution in [-0.4, -0.2) is 44.3 Å². The molecule has 0 aliphatic carbocycles. The fraction of sp³-hybridized carbons (Fsp3) is 0.667. The Kier molecular flexibility index (Phi) is 6.68. The lowest BCUT2D eigenvalue weighted by Crippen LogP contribution is -2.49. The molecule has 2 unspecified atom stereocenters. The Morgan fingerprint density at radius 2 is 1.90 bits per heavy atom. The van der Waals surface area contributed by atoms with E-state index in [9.17, 15) is 0 Å². The molecule has 3 heteroatoms. The van der Waals surface area contributed by atoms with Crippen molar-refractivity contribution in [2.45, 2.75) is 32.2 Å². The van der Waals surface area contributed by atoms with E-state index in [4.69, 9.17) is 10.5 Å². The van der Waals surface area contributed by atoms with Crippen molar-refractivity contribution in [2.24, 2.45) is 17.6 Å². The van der Waals surface area contributed by atoms with E-state index >= 15 is 0 Å². The largest absolute Gasteiger partial charge is 0.384 e. The lowest BCUT2D eigenvalue weighted by atomic mass is 9.88. The van der Waals surface area contributed by atoms with Gasteiger partial charge in [-0.15, -0.1) is 0 Å². The molecule has 1 aromatic rings. The second-order valence-electron chi connectivity index (χ2n) is 6.40. The molecular weight excluding hydrogens is 260 g/mol. The normalized spacial score (nSPS) is 20.3. The quantitative estimate of drug-likeness (QED) is 0.839. The third-order valence-electron chi connectivity index (χ3n) is 4.81. The van der Waals surface area contributed by atoms with Crippen molar-refractivity contribution in [3.05, 3.63) is 35.9 Å². The molecule has 1 aliphatic heterocycles. The predicted molar refractivity (Wildman–Crippen MR) is 88.3 cm³/mol. The SMILES string of the molecule is COCC(C)C(CN)N1CCC(Cc2ccccc2)CC1. The second-order valence-corrected chi connectivity index (χ2v) is 6.40. The van der Waals surface area contributed by atoms with Crippen LogP contribution in [0.4, 0.5) is 0 Å². The summed E-state index contributed by atoms with van der Waals surface area (Å²) < 4.78 is 5.30. The second kappa shape index (κ2) is 8.52. The molecule has 1 saturated heterocycles. The van der Waals surface area contributed by atoms with E-state index < -0.39 is 0 Å². The van der Waals surface area contributed by atoms with Gasteiger partial charge in [-0.1, -0.05) is 37.3 Å². The molecule has 0 bridgehead atoms. The van der Waals surface area contributed by atoms with Crippen LogP contribution in [0.25, 0.3) is 0 Å². The standard InChI is InChI=1S/C18H30N2O/c1-15(14-21-2)18(13-19)20-10-8-17(9-11-20)12-16-6-4-3-5-7-16/h3-7,15,17-18H,8-14,19H2,1-2H3. The van der Waals surface area contributed by atoms with Crippen LogP contribution in [0.5, 0.6) is 0 Å². The number of rotatable bonds is 7. The zero-order valence-corrected chi connectivity index (χ0v) is 13.5. The van der Waals surface area contributed by atoms with Gasteiger partial charge in [-0.05, 0) is 49.8 Å². The minimum atomic E-state index is 0.461. The minimum absolute atomic E-state index is 0.461. The molecule has 1 aliphatic rings. The van der Waals surface area contributed by atoms with E-state index in [0.29, 0.717) is 12.0 Å². The summed E-state index contributed by atoms with van der Waals surface area (Å²) in [4.78, 5) is 2.57. The van der Waals surface area contributed by atoms with Crippen LogP contribution in [0, 0.1) is 11.8 Å². The molecule has 118 valence electrons. The van der Waals surface area contributed by atoms with Crippen molar-refractivity contribution in [3.8, 4) is 0 Å². The molecule has 2 rings (SSSR count). The van der Waals surface area contributed by atoms with Crippen LogP contribution in [0.15, 0.2) is 30.3 Å². The number of piperidine rings is 1. The Labute approximate surface area is 129 Å². The van der Waals surface area contributed by atoms with Crippen LogP contribution in [0.2, 0.25) is 0 Å². The first-order valence-electron chi connectivity index (χ1n) is 8.21. The molecule has 1 aromatic carbocycles. The first-order chi connectivity index (χ1) is 10.2. The number of hydrogen-bond acceptors (Lipinski definition) is 3. The van der Waals surface area contributed by atoms with E-state index in [1.54, 1.807) is 7.11 Å². The highest BCUT2D eigenvalue weighted by Crippen LogP contribution is 2.24. The number of ether oxygens (including phenoxy) is 1. The predicted octanol–water partition coefficient (Wildman–Crippen LogP) is 2.55. The Balaban J connectivity index is 1.82. The maximum atomic E-state index is 6.00. The fourth-order valence-electron chi connectivity index (χ4n) is 3.55. The molecule has 1 heterocycles. The van der Waals surface area contributed by atoms with Crippen LogP contribution < -0.4 is 5.73 Å². The monoisotopic (exact) mass is 290 g/mol. The third kappa shape index (κ3) is 4.80. The van der Waals surface area contributed by atoms with Gasteiger partial charge in [0, 0.05) is 19.7 Å². The van der Waals surface area contributed by atoms with Gasteiger partial charge in [0.2, 0.25) is 0 Å². The van der Waals surface area contributed by atoms with E-state index in [2.05, 4.69) is 42.2 Å². The highest BCUT2D eigenvalue weighted by atomic mass is 16.5. The van der Waals surface area contributed by atoms with E-state index in [-0.39, 0.29) is 0 Å². The van der Waals surface area contributed by atoms with Gasteiger partial charge in [0.25, 0.3) is 0 Å². The number of methoxy groups -OCH3 is 1. The summed E-state index contributed by atoms with van der Waals surface area (Å²) in [5, 5.41) is 0. The molecular formula is C18H30N2O. The lowest BCUT2D eigenvalue weighted by Gasteiger charge is -2.39. The van der Waals surface area contributed by atoms with Gasteiger partial charge in [-0.2, -0.15) is 0 Å². The molecule has 2 N–H and O–H groups in total. The maximum Gasteiger partial charge on any atom is 0.0503 e. The number of likely N-dealkylation sites (tertiary alicyclic amines) is 1. The van der Waals surface area contributed by atoms with Gasteiger partial charge in [0.15, 0.2) is 0 Å². The molecule has 1 fully saturated rings. The van der Waals surface area contributed by atoms with Crippen molar-refractivity contribution in [1.29, 1.82) is 0 Å². The lowest BCUT2D eigenvalue weighted by molar-refractivity contribution is 0.0626. The summed E-state index contributed by atoms with van der Waals surface area (Å²) in [6.45, 7) is 6.12. The number of nitrogens with two attached hydrogens (primary N) is 1. The van der Waals surface area contributed by atoms with Crippen LogP contribution in [0.3, 0.4) is 0 Å². The average Bonchev–Trinajstić information content (AvgIpc) is 2.51. The fourth-order valence-corrected chi connectivity index (χ4v) is 3.55. The van der Waals surface area contributed by atoms with Crippen molar-refractivity contribution in [2.75, 3.05) is 33.4 Å². The smallest absolute Gasteiger partial charge is 0.0503 e. The number of benzene rings is 1. The van der Waals surface area contributed by atoms with Crippen LogP contribution in [0.1, 0.15) is 25.3 Å². The van der Waals surface area contributed by atoms with E-state index in [0.717, 1.165) is 19.1 Å². The van der Waals surface area contributed by atoms with Gasteiger partial charge >= 0.3 is 0 Å². The van der Waals surface area contributed by atoms with Crippen molar-refractivity contribution < 1.29 is 4.74 Å². The summed E-state index contributed by atoms with van der Waals surface area (Å²) in [5.41, 5.74) is 7.47. The highest BCUT2D eigenvalue weighted by Gasteiger charge is 2.27. The topological polar surface area (TPSA) is 38.5 Å². The first-order valence-corrected chi connectivity index (χ1v) is 8.21. The van der Waals surface area contributed by atoms with E-state index in [1.807, 2.05) is 0 Å².